The van der Waals surface area contributed by atoms with Crippen LogP contribution < -0.4 is 9.64 Å². The van der Waals surface area contributed by atoms with Gasteiger partial charge in [-0.25, -0.2) is 9.97 Å². The Hall–Kier alpha value is -0.780. The fourth-order valence-corrected chi connectivity index (χ4v) is 3.29. The van der Waals surface area contributed by atoms with E-state index in [-0.39, 0.29) is 24.8 Å². The van der Waals surface area contributed by atoms with E-state index in [4.69, 9.17) is 4.74 Å². The monoisotopic (exact) mass is 348 g/mol. The lowest BCUT2D eigenvalue weighted by molar-refractivity contribution is 0.141. The number of methoxy groups -OCH3 is 1. The smallest absolute Gasteiger partial charge is 0.225 e. The molecule has 0 bridgehead atoms. The van der Waals surface area contributed by atoms with Crippen molar-refractivity contribution in [1.29, 1.82) is 0 Å². The number of rotatable bonds is 3. The predicted molar refractivity (Wildman–Crippen MR) is 93.7 cm³/mol. The molecule has 0 radical (unpaired) electrons. The lowest BCUT2D eigenvalue weighted by atomic mass is 10.0. The fourth-order valence-electron chi connectivity index (χ4n) is 3.29. The third-order valence-corrected chi connectivity index (χ3v) is 4.50. The Kier molecular flexibility index (Phi) is 8.21. The standard InChI is InChI=1S/C15H24N4O.2ClH/c1-20-14-11-16-15(17-12-14)19-9-5-13(6-10-19)18-7-3-2-4-8-18;;/h11-13H,2-10H2,1H3;2*1H. The van der Waals surface area contributed by atoms with Crippen LogP contribution in [0.25, 0.3) is 0 Å². The average molecular weight is 349 g/mol. The largest absolute Gasteiger partial charge is 0.494 e. The molecule has 2 saturated heterocycles. The van der Waals surface area contributed by atoms with Crippen molar-refractivity contribution < 1.29 is 4.74 Å². The summed E-state index contributed by atoms with van der Waals surface area (Å²) in [6, 6.07) is 0.768. The zero-order chi connectivity index (χ0) is 13.8. The molecule has 0 spiro atoms. The first-order chi connectivity index (χ1) is 9.86. The zero-order valence-electron chi connectivity index (χ0n) is 13.1. The maximum atomic E-state index is 5.10. The molecule has 1 aromatic rings. The van der Waals surface area contributed by atoms with Gasteiger partial charge < -0.3 is 14.5 Å². The summed E-state index contributed by atoms with van der Waals surface area (Å²) < 4.78 is 5.10. The van der Waals surface area contributed by atoms with Crippen LogP contribution in [0.4, 0.5) is 5.95 Å². The Labute approximate surface area is 145 Å². The molecule has 3 rings (SSSR count). The van der Waals surface area contributed by atoms with Crippen LogP contribution in [0.3, 0.4) is 0 Å². The van der Waals surface area contributed by atoms with Crippen molar-refractivity contribution in [2.75, 3.05) is 38.2 Å². The second-order valence-corrected chi connectivity index (χ2v) is 5.74. The maximum Gasteiger partial charge on any atom is 0.225 e. The molecule has 0 N–H and O–H groups in total. The van der Waals surface area contributed by atoms with Crippen molar-refractivity contribution in [2.24, 2.45) is 0 Å². The summed E-state index contributed by atoms with van der Waals surface area (Å²) in [5, 5.41) is 0. The molecular formula is C15H26Cl2N4O. The third-order valence-electron chi connectivity index (χ3n) is 4.50. The molecule has 2 fully saturated rings. The van der Waals surface area contributed by atoms with Crippen LogP contribution in [0.15, 0.2) is 12.4 Å². The van der Waals surface area contributed by atoms with E-state index >= 15 is 0 Å². The second-order valence-electron chi connectivity index (χ2n) is 5.74. The fraction of sp³-hybridized carbons (Fsp3) is 0.733. The molecule has 0 amide bonds. The van der Waals surface area contributed by atoms with Crippen LogP contribution in [-0.2, 0) is 0 Å². The van der Waals surface area contributed by atoms with Gasteiger partial charge in [-0.3, -0.25) is 0 Å². The summed E-state index contributed by atoms with van der Waals surface area (Å²) in [5.41, 5.74) is 0. The lowest BCUT2D eigenvalue weighted by Gasteiger charge is -2.40. The quantitative estimate of drug-likeness (QED) is 0.839. The van der Waals surface area contributed by atoms with Gasteiger partial charge in [-0.15, -0.1) is 24.8 Å². The molecule has 2 aliphatic heterocycles. The number of piperidine rings is 2. The van der Waals surface area contributed by atoms with Gasteiger partial charge in [0.15, 0.2) is 5.75 Å². The van der Waals surface area contributed by atoms with Crippen molar-refractivity contribution in [3.05, 3.63) is 12.4 Å². The van der Waals surface area contributed by atoms with Gasteiger partial charge in [-0.05, 0) is 38.8 Å². The lowest BCUT2D eigenvalue weighted by Crippen LogP contribution is -2.47. The maximum absolute atomic E-state index is 5.10. The molecule has 22 heavy (non-hydrogen) atoms. The van der Waals surface area contributed by atoms with Crippen molar-refractivity contribution in [1.82, 2.24) is 14.9 Å². The molecule has 3 heterocycles. The first-order valence-electron chi connectivity index (χ1n) is 7.72. The molecule has 2 aliphatic rings. The van der Waals surface area contributed by atoms with E-state index in [2.05, 4.69) is 19.8 Å². The normalized spacial score (nSPS) is 20.0. The number of hydrogen-bond acceptors (Lipinski definition) is 5. The minimum absolute atomic E-state index is 0. The molecule has 5 nitrogen and oxygen atoms in total. The van der Waals surface area contributed by atoms with Crippen molar-refractivity contribution in [2.45, 2.75) is 38.1 Å². The molecular weight excluding hydrogens is 323 g/mol. The van der Waals surface area contributed by atoms with Gasteiger partial charge in [0.05, 0.1) is 19.5 Å². The van der Waals surface area contributed by atoms with Crippen molar-refractivity contribution in [3.63, 3.8) is 0 Å². The number of halogens is 2. The molecule has 126 valence electrons. The highest BCUT2D eigenvalue weighted by atomic mass is 35.5. The third kappa shape index (κ3) is 4.61. The van der Waals surface area contributed by atoms with E-state index in [1.165, 1.54) is 45.2 Å². The molecule has 7 heteroatoms. The number of ether oxygens (including phenoxy) is 1. The highest BCUT2D eigenvalue weighted by Gasteiger charge is 2.26. The zero-order valence-corrected chi connectivity index (χ0v) is 14.7. The first kappa shape index (κ1) is 19.3. The molecule has 0 atom stereocenters. The molecule has 0 saturated carbocycles. The van der Waals surface area contributed by atoms with Gasteiger partial charge in [0, 0.05) is 19.1 Å². The molecule has 0 aliphatic carbocycles. The summed E-state index contributed by atoms with van der Waals surface area (Å²) in [5.74, 6) is 1.56. The van der Waals surface area contributed by atoms with Crippen molar-refractivity contribution >= 4 is 30.8 Å². The van der Waals surface area contributed by atoms with Crippen LogP contribution in [0, 0.1) is 0 Å². The van der Waals surface area contributed by atoms with Crippen LogP contribution in [0.5, 0.6) is 5.75 Å². The van der Waals surface area contributed by atoms with Crippen LogP contribution in [0.2, 0.25) is 0 Å². The number of likely N-dealkylation sites (tertiary alicyclic amines) is 1. The number of nitrogens with zero attached hydrogens (tertiary/aromatic N) is 4. The Balaban J connectivity index is 0.00000121. The van der Waals surface area contributed by atoms with Gasteiger partial charge in [0.25, 0.3) is 0 Å². The topological polar surface area (TPSA) is 41.5 Å². The van der Waals surface area contributed by atoms with E-state index in [0.29, 0.717) is 0 Å². The highest BCUT2D eigenvalue weighted by Crippen LogP contribution is 2.23. The summed E-state index contributed by atoms with van der Waals surface area (Å²) in [7, 11) is 1.64. The molecule has 0 aromatic carbocycles. The minimum Gasteiger partial charge on any atom is -0.494 e. The van der Waals surface area contributed by atoms with Crippen LogP contribution in [-0.4, -0.2) is 54.2 Å². The van der Waals surface area contributed by atoms with Crippen molar-refractivity contribution in [3.8, 4) is 5.75 Å². The van der Waals surface area contributed by atoms with E-state index < -0.39 is 0 Å². The molecule has 1 aromatic heterocycles. The second kappa shape index (κ2) is 9.38. The summed E-state index contributed by atoms with van der Waals surface area (Å²) in [6.07, 6.45) is 10.1. The Bertz CT molecular complexity index is 418. The number of anilines is 1. The van der Waals surface area contributed by atoms with E-state index in [0.717, 1.165) is 30.8 Å². The first-order valence-corrected chi connectivity index (χ1v) is 7.72. The SMILES string of the molecule is COc1cnc(N2CCC(N3CCCCC3)CC2)nc1.Cl.Cl. The van der Waals surface area contributed by atoms with Gasteiger partial charge in [0.1, 0.15) is 0 Å². The van der Waals surface area contributed by atoms with E-state index in [9.17, 15) is 0 Å². The van der Waals surface area contributed by atoms with E-state index in [1.54, 1.807) is 19.5 Å². The summed E-state index contributed by atoms with van der Waals surface area (Å²) >= 11 is 0. The predicted octanol–water partition coefficient (Wildman–Crippen LogP) is 2.78. The Morgan fingerprint density at radius 1 is 0.955 bits per heavy atom. The minimum atomic E-state index is 0. The highest BCUT2D eigenvalue weighted by molar-refractivity contribution is 5.85. The molecule has 0 unspecified atom stereocenters. The van der Waals surface area contributed by atoms with Gasteiger partial charge >= 0.3 is 0 Å². The number of aromatic nitrogens is 2. The van der Waals surface area contributed by atoms with Gasteiger partial charge in [0.2, 0.25) is 5.95 Å². The average Bonchev–Trinajstić information content (AvgIpc) is 2.56. The van der Waals surface area contributed by atoms with Gasteiger partial charge in [-0.2, -0.15) is 0 Å². The number of hydrogen-bond donors (Lipinski definition) is 0. The van der Waals surface area contributed by atoms with Gasteiger partial charge in [-0.1, -0.05) is 6.42 Å². The summed E-state index contributed by atoms with van der Waals surface area (Å²) in [6.45, 7) is 4.72. The van der Waals surface area contributed by atoms with E-state index in [1.807, 2.05) is 0 Å². The Morgan fingerprint density at radius 3 is 2.09 bits per heavy atom. The van der Waals surface area contributed by atoms with Crippen LogP contribution >= 0.6 is 24.8 Å². The summed E-state index contributed by atoms with van der Waals surface area (Å²) in [4.78, 5) is 13.8. The Morgan fingerprint density at radius 2 is 1.55 bits per heavy atom. The van der Waals surface area contributed by atoms with Crippen LogP contribution in [0.1, 0.15) is 32.1 Å².